The minimum atomic E-state index is -3.55. The first-order valence-electron chi connectivity index (χ1n) is 10.6. The summed E-state index contributed by atoms with van der Waals surface area (Å²) in [5, 5.41) is 0. The number of carbonyl (C=O) groups is 1. The van der Waals surface area contributed by atoms with Gasteiger partial charge in [0.25, 0.3) is 5.56 Å². The summed E-state index contributed by atoms with van der Waals surface area (Å²) in [7, 11) is -3.55. The van der Waals surface area contributed by atoms with Gasteiger partial charge >= 0.3 is 0 Å². The van der Waals surface area contributed by atoms with Crippen molar-refractivity contribution in [1.82, 2.24) is 19.1 Å². The summed E-state index contributed by atoms with van der Waals surface area (Å²) in [5.41, 5.74) is 6.30. The third-order valence-corrected chi connectivity index (χ3v) is 6.83. The summed E-state index contributed by atoms with van der Waals surface area (Å²) in [6.07, 6.45) is 3.63. The Morgan fingerprint density at radius 3 is 2.36 bits per heavy atom. The van der Waals surface area contributed by atoms with Gasteiger partial charge in [0.2, 0.25) is 5.91 Å². The lowest BCUT2D eigenvalue weighted by Crippen LogP contribution is -2.21. The smallest absolute Gasteiger partial charge is 0.284 e. The van der Waals surface area contributed by atoms with Crippen molar-refractivity contribution < 1.29 is 17.6 Å². The number of hydrogen-bond acceptors (Lipinski definition) is 6. The number of aromatic nitrogens is 4. The van der Waals surface area contributed by atoms with Crippen LogP contribution < -0.4 is 11.3 Å². The number of fused-ring (bicyclic) bond motifs is 1. The maximum absolute atomic E-state index is 15.3. The quantitative estimate of drug-likeness (QED) is 0.393. The van der Waals surface area contributed by atoms with E-state index in [-0.39, 0.29) is 27.3 Å². The fraction of sp³-hybridized carbons (Fsp3) is 0.0400. The second-order valence-electron chi connectivity index (χ2n) is 8.06. The zero-order valence-electron chi connectivity index (χ0n) is 18.8. The van der Waals surface area contributed by atoms with Gasteiger partial charge in [-0.1, -0.05) is 30.3 Å². The minimum absolute atomic E-state index is 0.0690. The third kappa shape index (κ3) is 3.95. The van der Waals surface area contributed by atoms with Crippen molar-refractivity contribution >= 4 is 26.9 Å². The van der Waals surface area contributed by atoms with Crippen LogP contribution in [0.15, 0.2) is 89.1 Å². The number of carbonyl (C=O) groups excluding carboxylic acids is 1. The molecule has 0 aliphatic heterocycles. The summed E-state index contributed by atoms with van der Waals surface area (Å²) < 4.78 is 42.1. The number of nitrogens with zero attached hydrogens (tertiary/aromatic N) is 4. The van der Waals surface area contributed by atoms with Gasteiger partial charge in [0.1, 0.15) is 18.5 Å². The highest BCUT2D eigenvalue weighted by atomic mass is 32.2. The van der Waals surface area contributed by atoms with Gasteiger partial charge in [0.05, 0.1) is 10.6 Å². The van der Waals surface area contributed by atoms with E-state index in [2.05, 4.69) is 9.97 Å². The molecule has 5 rings (SSSR count). The minimum Gasteiger partial charge on any atom is -0.366 e. The first-order chi connectivity index (χ1) is 17.1. The number of sulfone groups is 1. The van der Waals surface area contributed by atoms with Crippen LogP contribution in [0.1, 0.15) is 10.4 Å². The Balaban J connectivity index is 1.64. The standard InChI is InChI=1S/C25H18FN5O4S/c1-36(34,35)21-8-3-2-7-18(21)15-9-10-20(19(26)12-15)31-14-29-24-22(25(31)33)30(13-28-24)17-6-4-5-16(11-17)23(27)32/h2-14H,1H3,(H2,27,32). The molecule has 0 atom stereocenters. The lowest BCUT2D eigenvalue weighted by atomic mass is 10.0. The molecule has 1 amide bonds. The molecular formula is C25H18FN5O4S. The van der Waals surface area contributed by atoms with Crippen molar-refractivity contribution in [1.29, 1.82) is 0 Å². The normalized spacial score (nSPS) is 11.6. The monoisotopic (exact) mass is 503 g/mol. The van der Waals surface area contributed by atoms with E-state index in [1.807, 2.05) is 0 Å². The molecule has 0 unspecified atom stereocenters. The summed E-state index contributed by atoms with van der Waals surface area (Å²) in [5.74, 6) is -1.38. The van der Waals surface area contributed by atoms with Crippen molar-refractivity contribution in [3.05, 3.63) is 101 Å². The molecule has 0 bridgehead atoms. The molecule has 5 aromatic rings. The molecule has 2 heterocycles. The van der Waals surface area contributed by atoms with Gasteiger partial charge in [0, 0.05) is 23.1 Å². The number of hydrogen-bond donors (Lipinski definition) is 1. The Morgan fingerprint density at radius 1 is 0.944 bits per heavy atom. The summed E-state index contributed by atoms with van der Waals surface area (Å²) in [6, 6.07) is 16.7. The van der Waals surface area contributed by atoms with Gasteiger partial charge in [-0.3, -0.25) is 18.7 Å². The predicted molar refractivity (Wildman–Crippen MR) is 131 cm³/mol. The fourth-order valence-electron chi connectivity index (χ4n) is 3.99. The SMILES string of the molecule is CS(=O)(=O)c1ccccc1-c1ccc(-n2cnc3ncn(-c4cccc(C(N)=O)c4)c3c2=O)c(F)c1. The van der Waals surface area contributed by atoms with E-state index in [1.165, 1.54) is 47.6 Å². The van der Waals surface area contributed by atoms with E-state index >= 15 is 4.39 Å². The molecule has 0 fully saturated rings. The second kappa shape index (κ2) is 8.54. The molecular weight excluding hydrogens is 485 g/mol. The Bertz CT molecular complexity index is 1840. The molecule has 36 heavy (non-hydrogen) atoms. The fourth-order valence-corrected chi connectivity index (χ4v) is 4.90. The van der Waals surface area contributed by atoms with Crippen LogP contribution in [-0.2, 0) is 9.84 Å². The van der Waals surface area contributed by atoms with Crippen LogP contribution in [0.2, 0.25) is 0 Å². The van der Waals surface area contributed by atoms with Crippen LogP contribution in [0.25, 0.3) is 33.7 Å². The Labute approximate surface area is 204 Å². The van der Waals surface area contributed by atoms with Crippen molar-refractivity contribution in [3.8, 4) is 22.5 Å². The van der Waals surface area contributed by atoms with E-state index in [9.17, 15) is 18.0 Å². The third-order valence-electron chi connectivity index (χ3n) is 5.68. The van der Waals surface area contributed by atoms with Gasteiger partial charge in [0.15, 0.2) is 21.0 Å². The van der Waals surface area contributed by atoms with Gasteiger partial charge in [-0.25, -0.2) is 22.8 Å². The maximum atomic E-state index is 15.3. The number of halogens is 1. The zero-order chi connectivity index (χ0) is 25.6. The van der Waals surface area contributed by atoms with Crippen molar-refractivity contribution in [2.45, 2.75) is 4.90 Å². The van der Waals surface area contributed by atoms with Crippen LogP contribution in [0, 0.1) is 5.82 Å². The maximum Gasteiger partial charge on any atom is 0.284 e. The Kier molecular flexibility index (Phi) is 5.48. The highest BCUT2D eigenvalue weighted by molar-refractivity contribution is 7.90. The average molecular weight is 504 g/mol. The lowest BCUT2D eigenvalue weighted by Gasteiger charge is -2.12. The molecule has 3 aromatic carbocycles. The van der Waals surface area contributed by atoms with Crippen LogP contribution in [-0.4, -0.2) is 39.7 Å². The topological polar surface area (TPSA) is 130 Å². The number of rotatable bonds is 5. The van der Waals surface area contributed by atoms with Crippen molar-refractivity contribution in [2.24, 2.45) is 5.73 Å². The highest BCUT2D eigenvalue weighted by Crippen LogP contribution is 2.29. The van der Waals surface area contributed by atoms with Gasteiger partial charge in [-0.15, -0.1) is 0 Å². The second-order valence-corrected chi connectivity index (χ2v) is 10.0. The van der Waals surface area contributed by atoms with Crippen LogP contribution >= 0.6 is 0 Å². The molecule has 0 aliphatic carbocycles. The molecule has 0 spiro atoms. The molecule has 0 saturated carbocycles. The lowest BCUT2D eigenvalue weighted by molar-refractivity contribution is 0.1000. The summed E-state index contributed by atoms with van der Waals surface area (Å²) in [4.78, 5) is 33.4. The molecule has 180 valence electrons. The van der Waals surface area contributed by atoms with Crippen molar-refractivity contribution in [2.75, 3.05) is 6.26 Å². The van der Waals surface area contributed by atoms with Gasteiger partial charge < -0.3 is 5.73 Å². The van der Waals surface area contributed by atoms with Crippen LogP contribution in [0.3, 0.4) is 0 Å². The van der Waals surface area contributed by atoms with Crippen molar-refractivity contribution in [3.63, 3.8) is 0 Å². The Morgan fingerprint density at radius 2 is 1.67 bits per heavy atom. The zero-order valence-corrected chi connectivity index (χ0v) is 19.6. The largest absolute Gasteiger partial charge is 0.366 e. The Hall–Kier alpha value is -4.64. The van der Waals surface area contributed by atoms with Gasteiger partial charge in [-0.2, -0.15) is 0 Å². The average Bonchev–Trinajstić information content (AvgIpc) is 3.29. The summed E-state index contributed by atoms with van der Waals surface area (Å²) >= 11 is 0. The molecule has 2 aromatic heterocycles. The number of primary amides is 1. The van der Waals surface area contributed by atoms with E-state index in [1.54, 1.807) is 36.4 Å². The highest BCUT2D eigenvalue weighted by Gasteiger charge is 2.18. The van der Waals surface area contributed by atoms with E-state index in [0.29, 0.717) is 16.8 Å². The van der Waals surface area contributed by atoms with Crippen LogP contribution in [0.5, 0.6) is 0 Å². The van der Waals surface area contributed by atoms with E-state index in [4.69, 9.17) is 5.73 Å². The molecule has 2 N–H and O–H groups in total. The summed E-state index contributed by atoms with van der Waals surface area (Å²) in [6.45, 7) is 0. The number of benzene rings is 3. The molecule has 0 aliphatic rings. The van der Waals surface area contributed by atoms with Crippen LogP contribution in [0.4, 0.5) is 4.39 Å². The van der Waals surface area contributed by atoms with E-state index in [0.717, 1.165) is 10.8 Å². The molecule has 0 radical (unpaired) electrons. The first-order valence-corrected chi connectivity index (χ1v) is 12.5. The number of amides is 1. The molecule has 0 saturated heterocycles. The predicted octanol–water partition coefficient (Wildman–Crippen LogP) is 2.88. The number of nitrogens with two attached hydrogens (primary N) is 1. The first kappa shape index (κ1) is 23.1. The van der Waals surface area contributed by atoms with E-state index < -0.39 is 27.1 Å². The molecule has 9 nitrogen and oxygen atoms in total. The molecule has 11 heteroatoms. The van der Waals surface area contributed by atoms with Gasteiger partial charge in [-0.05, 0) is 42.0 Å². The number of imidazole rings is 1.